The number of nitrogens with zero attached hydrogens (tertiary/aromatic N) is 1. The minimum Gasteiger partial charge on any atom is -0.497 e. The predicted octanol–water partition coefficient (Wildman–Crippen LogP) is 6.44. The molecule has 0 amide bonds. The van der Waals surface area contributed by atoms with Gasteiger partial charge < -0.3 is 14.0 Å². The third kappa shape index (κ3) is 3.17. The van der Waals surface area contributed by atoms with Crippen LogP contribution in [0.25, 0.3) is 22.2 Å². The second-order valence-electron chi connectivity index (χ2n) is 6.54. The zero-order valence-electron chi connectivity index (χ0n) is 15.9. The van der Waals surface area contributed by atoms with E-state index in [1.807, 2.05) is 48.5 Å². The Morgan fingerprint density at radius 3 is 2.15 bits per heavy atom. The van der Waals surface area contributed by atoms with Crippen LogP contribution >= 0.6 is 0 Å². The van der Waals surface area contributed by atoms with Crippen LogP contribution in [0.2, 0.25) is 0 Å². The number of ether oxygens (including phenoxy) is 2. The molecule has 0 spiro atoms. The lowest BCUT2D eigenvalue weighted by Gasteiger charge is -2.11. The van der Waals surface area contributed by atoms with Crippen molar-refractivity contribution in [2.75, 3.05) is 7.11 Å². The number of hydrogen-bond donors (Lipinski definition) is 0. The number of aryl methyl sites for hydroxylation is 2. The number of fused-ring (bicyclic) bond motifs is 1. The SMILES string of the molecule is CCn1c(-c2ccc(Oc3ccccc3)cc2)c(C)c2ccc(OC)cc21. The summed E-state index contributed by atoms with van der Waals surface area (Å²) in [4.78, 5) is 0. The average Bonchev–Trinajstić information content (AvgIpc) is 3.00. The molecule has 3 aromatic carbocycles. The molecule has 4 rings (SSSR count). The second-order valence-corrected chi connectivity index (χ2v) is 6.54. The maximum atomic E-state index is 5.92. The molecule has 1 heterocycles. The predicted molar refractivity (Wildman–Crippen MR) is 111 cm³/mol. The largest absolute Gasteiger partial charge is 0.497 e. The third-order valence-corrected chi connectivity index (χ3v) is 4.95. The average molecular weight is 357 g/mol. The summed E-state index contributed by atoms with van der Waals surface area (Å²) in [6, 6.07) is 24.4. The number of aromatic nitrogens is 1. The maximum absolute atomic E-state index is 5.92. The van der Waals surface area contributed by atoms with Crippen LogP contribution in [0.4, 0.5) is 0 Å². The van der Waals surface area contributed by atoms with Gasteiger partial charge in [-0.1, -0.05) is 18.2 Å². The van der Waals surface area contributed by atoms with Gasteiger partial charge in [0.15, 0.2) is 0 Å². The van der Waals surface area contributed by atoms with E-state index >= 15 is 0 Å². The van der Waals surface area contributed by atoms with Gasteiger partial charge in [-0.3, -0.25) is 0 Å². The molecule has 0 radical (unpaired) electrons. The Balaban J connectivity index is 1.74. The van der Waals surface area contributed by atoms with Crippen molar-refractivity contribution in [3.05, 3.63) is 78.4 Å². The molecule has 3 heteroatoms. The summed E-state index contributed by atoms with van der Waals surface area (Å²) < 4.78 is 13.7. The van der Waals surface area contributed by atoms with E-state index in [2.05, 4.69) is 42.7 Å². The number of hydrogen-bond acceptors (Lipinski definition) is 2. The zero-order chi connectivity index (χ0) is 18.8. The third-order valence-electron chi connectivity index (χ3n) is 4.95. The number of rotatable bonds is 5. The van der Waals surface area contributed by atoms with Gasteiger partial charge in [0.05, 0.1) is 18.3 Å². The van der Waals surface area contributed by atoms with E-state index in [0.29, 0.717) is 0 Å². The molecule has 0 atom stereocenters. The molecule has 27 heavy (non-hydrogen) atoms. The quantitative estimate of drug-likeness (QED) is 0.410. The fraction of sp³-hybridized carbons (Fsp3) is 0.167. The fourth-order valence-electron chi connectivity index (χ4n) is 3.64. The van der Waals surface area contributed by atoms with E-state index in [-0.39, 0.29) is 0 Å². The maximum Gasteiger partial charge on any atom is 0.127 e. The van der Waals surface area contributed by atoms with Gasteiger partial charge in [-0.15, -0.1) is 0 Å². The summed E-state index contributed by atoms with van der Waals surface area (Å²) in [6.07, 6.45) is 0. The van der Waals surface area contributed by atoms with E-state index in [1.54, 1.807) is 7.11 Å². The summed E-state index contributed by atoms with van der Waals surface area (Å²) in [5, 5.41) is 1.26. The highest BCUT2D eigenvalue weighted by molar-refractivity contribution is 5.92. The highest BCUT2D eigenvalue weighted by Gasteiger charge is 2.15. The fourth-order valence-corrected chi connectivity index (χ4v) is 3.64. The lowest BCUT2D eigenvalue weighted by atomic mass is 10.1. The lowest BCUT2D eigenvalue weighted by molar-refractivity contribution is 0.415. The second kappa shape index (κ2) is 7.20. The molecule has 0 bridgehead atoms. The molecule has 0 unspecified atom stereocenters. The molecular weight excluding hydrogens is 334 g/mol. The first-order chi connectivity index (χ1) is 13.2. The molecule has 0 N–H and O–H groups in total. The minimum absolute atomic E-state index is 0.837. The van der Waals surface area contributed by atoms with Crippen molar-refractivity contribution in [1.82, 2.24) is 4.57 Å². The molecule has 0 saturated heterocycles. The first kappa shape index (κ1) is 17.2. The highest BCUT2D eigenvalue weighted by atomic mass is 16.5. The van der Waals surface area contributed by atoms with E-state index in [1.165, 1.54) is 27.7 Å². The first-order valence-electron chi connectivity index (χ1n) is 9.21. The highest BCUT2D eigenvalue weighted by Crippen LogP contribution is 2.36. The van der Waals surface area contributed by atoms with Gasteiger partial charge in [-0.25, -0.2) is 0 Å². The van der Waals surface area contributed by atoms with E-state index in [9.17, 15) is 0 Å². The first-order valence-corrected chi connectivity index (χ1v) is 9.21. The van der Waals surface area contributed by atoms with E-state index in [4.69, 9.17) is 9.47 Å². The standard InChI is InChI=1S/C24H23NO2/c1-4-25-23-16-21(26-3)14-15-22(23)17(2)24(25)18-10-12-20(13-11-18)27-19-8-6-5-7-9-19/h5-16H,4H2,1-3H3. The summed E-state index contributed by atoms with van der Waals surface area (Å²) in [7, 11) is 1.71. The summed E-state index contributed by atoms with van der Waals surface area (Å²) in [5.74, 6) is 2.56. The molecule has 0 aliphatic carbocycles. The van der Waals surface area contributed by atoms with Crippen LogP contribution in [0.15, 0.2) is 72.8 Å². The Bertz CT molecular complexity index is 1060. The Morgan fingerprint density at radius 1 is 0.815 bits per heavy atom. The topological polar surface area (TPSA) is 23.4 Å². The molecule has 0 saturated carbocycles. The Morgan fingerprint density at radius 2 is 1.48 bits per heavy atom. The van der Waals surface area contributed by atoms with Gasteiger partial charge in [-0.05, 0) is 73.5 Å². The Kier molecular flexibility index (Phi) is 4.59. The van der Waals surface area contributed by atoms with Gasteiger partial charge in [0.25, 0.3) is 0 Å². The van der Waals surface area contributed by atoms with E-state index in [0.717, 1.165) is 23.8 Å². The van der Waals surface area contributed by atoms with Gasteiger partial charge in [0, 0.05) is 18.0 Å². The van der Waals surface area contributed by atoms with Crippen LogP contribution in [-0.2, 0) is 6.54 Å². The summed E-state index contributed by atoms with van der Waals surface area (Å²) in [6.45, 7) is 5.26. The zero-order valence-corrected chi connectivity index (χ0v) is 15.9. The summed E-state index contributed by atoms with van der Waals surface area (Å²) >= 11 is 0. The Labute approximate surface area is 159 Å². The van der Waals surface area contributed by atoms with Crippen LogP contribution in [0.5, 0.6) is 17.2 Å². The number of para-hydroxylation sites is 1. The Hall–Kier alpha value is -3.20. The molecule has 4 aromatic rings. The van der Waals surface area contributed by atoms with Crippen molar-refractivity contribution in [2.24, 2.45) is 0 Å². The van der Waals surface area contributed by atoms with Crippen LogP contribution in [0.1, 0.15) is 12.5 Å². The molecular formula is C24H23NO2. The molecule has 3 nitrogen and oxygen atoms in total. The molecule has 136 valence electrons. The van der Waals surface area contributed by atoms with E-state index < -0.39 is 0 Å². The van der Waals surface area contributed by atoms with Crippen LogP contribution in [-0.4, -0.2) is 11.7 Å². The molecule has 0 aliphatic heterocycles. The molecule has 0 aliphatic rings. The van der Waals surface area contributed by atoms with Crippen LogP contribution < -0.4 is 9.47 Å². The van der Waals surface area contributed by atoms with Gasteiger partial charge in [0.2, 0.25) is 0 Å². The van der Waals surface area contributed by atoms with Crippen LogP contribution in [0, 0.1) is 6.92 Å². The van der Waals surface area contributed by atoms with Crippen molar-refractivity contribution < 1.29 is 9.47 Å². The van der Waals surface area contributed by atoms with Gasteiger partial charge >= 0.3 is 0 Å². The number of benzene rings is 3. The van der Waals surface area contributed by atoms with Crippen molar-refractivity contribution in [2.45, 2.75) is 20.4 Å². The molecule has 1 aromatic heterocycles. The van der Waals surface area contributed by atoms with Crippen molar-refractivity contribution >= 4 is 10.9 Å². The monoisotopic (exact) mass is 357 g/mol. The van der Waals surface area contributed by atoms with Gasteiger partial charge in [-0.2, -0.15) is 0 Å². The number of methoxy groups -OCH3 is 1. The van der Waals surface area contributed by atoms with Crippen molar-refractivity contribution in [3.63, 3.8) is 0 Å². The molecule has 0 fully saturated rings. The van der Waals surface area contributed by atoms with Crippen molar-refractivity contribution in [1.29, 1.82) is 0 Å². The minimum atomic E-state index is 0.837. The van der Waals surface area contributed by atoms with Crippen molar-refractivity contribution in [3.8, 4) is 28.5 Å². The normalized spacial score (nSPS) is 10.9. The van der Waals surface area contributed by atoms with Gasteiger partial charge in [0.1, 0.15) is 17.2 Å². The van der Waals surface area contributed by atoms with Crippen LogP contribution in [0.3, 0.4) is 0 Å². The lowest BCUT2D eigenvalue weighted by Crippen LogP contribution is -1.97. The smallest absolute Gasteiger partial charge is 0.127 e. The summed E-state index contributed by atoms with van der Waals surface area (Å²) in [5.41, 5.74) is 4.91.